The van der Waals surface area contributed by atoms with Crippen molar-refractivity contribution >= 4 is 22.0 Å². The summed E-state index contributed by atoms with van der Waals surface area (Å²) < 4.78 is 1.10. The van der Waals surface area contributed by atoms with Gasteiger partial charge in [0.15, 0.2) is 0 Å². The van der Waals surface area contributed by atoms with Crippen molar-refractivity contribution in [2.24, 2.45) is 11.8 Å². The summed E-state index contributed by atoms with van der Waals surface area (Å²) >= 11 is 3.71. The first-order valence-electron chi connectivity index (χ1n) is 13.8. The van der Waals surface area contributed by atoms with Gasteiger partial charge in [0.05, 0.1) is 5.54 Å². The average molecular weight is 538 g/mol. The van der Waals surface area contributed by atoms with Crippen LogP contribution in [0.5, 0.6) is 0 Å². The molecule has 0 N–H and O–H groups in total. The molecule has 4 heteroatoms. The number of carbonyl (C=O) groups is 1. The van der Waals surface area contributed by atoms with Crippen LogP contribution in [0.3, 0.4) is 0 Å². The Morgan fingerprint density at radius 2 is 1.69 bits per heavy atom. The second-order valence-corrected chi connectivity index (χ2v) is 12.6. The Kier molecular flexibility index (Phi) is 7.30. The van der Waals surface area contributed by atoms with Gasteiger partial charge in [-0.2, -0.15) is 0 Å². The van der Waals surface area contributed by atoms with E-state index in [1.54, 1.807) is 0 Å². The molecule has 3 nitrogen and oxygen atoms in total. The molecule has 0 bridgehead atoms. The van der Waals surface area contributed by atoms with Gasteiger partial charge in [0, 0.05) is 24.1 Å². The van der Waals surface area contributed by atoms with Crippen molar-refractivity contribution < 1.29 is 4.79 Å². The quantitative estimate of drug-likeness (QED) is 0.333. The highest BCUT2D eigenvalue weighted by atomic mass is 79.9. The molecule has 3 fully saturated rings. The lowest BCUT2D eigenvalue weighted by molar-refractivity contribution is 0.0589. The van der Waals surface area contributed by atoms with E-state index < -0.39 is 0 Å². The molecule has 0 aromatic heterocycles. The molecule has 2 amide bonds. The van der Waals surface area contributed by atoms with E-state index in [1.807, 2.05) is 6.07 Å². The highest BCUT2D eigenvalue weighted by Crippen LogP contribution is 2.51. The molecule has 0 radical (unpaired) electrons. The van der Waals surface area contributed by atoms with Gasteiger partial charge >= 0.3 is 6.03 Å². The minimum Gasteiger partial charge on any atom is -0.318 e. The lowest BCUT2D eigenvalue weighted by atomic mass is 9.60. The molecule has 2 aromatic rings. The molecule has 1 atom stereocenters. The fourth-order valence-corrected chi connectivity index (χ4v) is 7.29. The molecule has 3 aliphatic rings. The Labute approximate surface area is 220 Å². The van der Waals surface area contributed by atoms with E-state index in [0.717, 1.165) is 30.4 Å². The van der Waals surface area contributed by atoms with E-state index in [1.165, 1.54) is 56.1 Å². The number of halogens is 1. The maximum atomic E-state index is 13.9. The molecule has 2 aliphatic carbocycles. The summed E-state index contributed by atoms with van der Waals surface area (Å²) in [6, 6.07) is 19.9. The third-order valence-corrected chi connectivity index (χ3v) is 10.3. The molecular formula is C31H41BrN2O. The fraction of sp³-hybridized carbons (Fsp3) is 0.581. The van der Waals surface area contributed by atoms with Gasteiger partial charge in [-0.25, -0.2) is 4.79 Å². The van der Waals surface area contributed by atoms with Gasteiger partial charge in [-0.15, -0.1) is 0 Å². The number of carbonyl (C=O) groups excluding carboxylic acids is 1. The van der Waals surface area contributed by atoms with Gasteiger partial charge in [-0.1, -0.05) is 91.1 Å². The van der Waals surface area contributed by atoms with Gasteiger partial charge in [-0.05, 0) is 79.4 Å². The molecule has 2 saturated carbocycles. The van der Waals surface area contributed by atoms with Crippen LogP contribution in [0.4, 0.5) is 4.79 Å². The Hall–Kier alpha value is -1.81. The first kappa shape index (κ1) is 24.9. The summed E-state index contributed by atoms with van der Waals surface area (Å²) in [5.41, 5.74) is 2.94. The standard InChI is InChI=1S/C31H41BrN2O/c1-3-24(2)20-30(27-13-5-4-6-14-27)16-18-31(19-17-30)23-33(22-26-12-7-8-15-28(26)32)29(35)34(31)21-25-10-9-11-25/h4-8,12-15,24-25H,3,9-11,16-23H2,1-2H3/t24?,30-,31-. The minimum atomic E-state index is -0.0122. The summed E-state index contributed by atoms with van der Waals surface area (Å²) in [7, 11) is 0. The van der Waals surface area contributed by atoms with Crippen molar-refractivity contribution in [3.05, 3.63) is 70.2 Å². The topological polar surface area (TPSA) is 23.6 Å². The van der Waals surface area contributed by atoms with Crippen molar-refractivity contribution in [1.82, 2.24) is 9.80 Å². The highest BCUT2D eigenvalue weighted by molar-refractivity contribution is 9.10. The molecular weight excluding hydrogens is 496 g/mol. The molecule has 2 aromatic carbocycles. The third-order valence-electron chi connectivity index (χ3n) is 9.50. The molecule has 35 heavy (non-hydrogen) atoms. The number of nitrogens with zero attached hydrogens (tertiary/aromatic N) is 2. The van der Waals surface area contributed by atoms with Crippen molar-refractivity contribution in [1.29, 1.82) is 0 Å². The Bertz CT molecular complexity index is 1010. The van der Waals surface area contributed by atoms with Gasteiger partial charge in [-0.3, -0.25) is 0 Å². The van der Waals surface area contributed by atoms with Gasteiger partial charge in [0.25, 0.3) is 0 Å². The van der Waals surface area contributed by atoms with Crippen LogP contribution in [0.15, 0.2) is 59.1 Å². The monoisotopic (exact) mass is 536 g/mol. The van der Waals surface area contributed by atoms with E-state index in [2.05, 4.69) is 88.1 Å². The Morgan fingerprint density at radius 1 is 1.00 bits per heavy atom. The van der Waals surface area contributed by atoms with E-state index in [0.29, 0.717) is 18.4 Å². The molecule has 1 aliphatic heterocycles. The molecule has 1 spiro atoms. The minimum absolute atomic E-state index is 0.0122. The second kappa shape index (κ2) is 10.3. The zero-order chi connectivity index (χ0) is 24.5. The van der Waals surface area contributed by atoms with Crippen LogP contribution in [0.2, 0.25) is 0 Å². The zero-order valence-electron chi connectivity index (χ0n) is 21.5. The van der Waals surface area contributed by atoms with Gasteiger partial charge in [0.1, 0.15) is 0 Å². The van der Waals surface area contributed by atoms with E-state index in [4.69, 9.17) is 0 Å². The normalized spacial score (nSPS) is 27.9. The Balaban J connectivity index is 1.40. The SMILES string of the molecule is CCC(C)C[C@]1(c2ccccc2)CC[C@]2(CC1)CN(Cc1ccccc1Br)C(=O)N2CC1CCC1. The van der Waals surface area contributed by atoms with Crippen molar-refractivity contribution in [2.75, 3.05) is 13.1 Å². The van der Waals surface area contributed by atoms with Crippen LogP contribution in [0, 0.1) is 11.8 Å². The number of urea groups is 1. The molecule has 1 heterocycles. The van der Waals surface area contributed by atoms with Crippen molar-refractivity contribution in [3.8, 4) is 0 Å². The van der Waals surface area contributed by atoms with Gasteiger partial charge in [0.2, 0.25) is 0 Å². The van der Waals surface area contributed by atoms with Crippen LogP contribution in [0.25, 0.3) is 0 Å². The van der Waals surface area contributed by atoms with E-state index in [9.17, 15) is 4.79 Å². The summed E-state index contributed by atoms with van der Waals surface area (Å²) in [4.78, 5) is 18.3. The summed E-state index contributed by atoms with van der Waals surface area (Å²) in [5, 5.41) is 0. The fourth-order valence-electron chi connectivity index (χ4n) is 6.88. The van der Waals surface area contributed by atoms with Crippen LogP contribution in [0.1, 0.15) is 82.8 Å². The van der Waals surface area contributed by atoms with Crippen LogP contribution in [-0.4, -0.2) is 34.5 Å². The third kappa shape index (κ3) is 4.92. The zero-order valence-corrected chi connectivity index (χ0v) is 23.1. The summed E-state index contributed by atoms with van der Waals surface area (Å²) in [6.45, 7) is 7.25. The van der Waals surface area contributed by atoms with Crippen LogP contribution < -0.4 is 0 Å². The first-order valence-corrected chi connectivity index (χ1v) is 14.6. The van der Waals surface area contributed by atoms with E-state index >= 15 is 0 Å². The number of hydrogen-bond acceptors (Lipinski definition) is 1. The Morgan fingerprint density at radius 3 is 2.31 bits per heavy atom. The predicted molar refractivity (Wildman–Crippen MR) is 147 cm³/mol. The summed E-state index contributed by atoms with van der Waals surface area (Å²) in [5.74, 6) is 1.41. The van der Waals surface area contributed by atoms with Crippen LogP contribution >= 0.6 is 15.9 Å². The lowest BCUT2D eigenvalue weighted by Gasteiger charge is -2.50. The number of benzene rings is 2. The van der Waals surface area contributed by atoms with Crippen molar-refractivity contribution in [2.45, 2.75) is 89.1 Å². The molecule has 1 unspecified atom stereocenters. The summed E-state index contributed by atoms with van der Waals surface area (Å²) in [6.07, 6.45) is 11.0. The first-order chi connectivity index (χ1) is 16.9. The van der Waals surface area contributed by atoms with Gasteiger partial charge < -0.3 is 9.80 Å². The predicted octanol–water partition coefficient (Wildman–Crippen LogP) is 8.17. The smallest absolute Gasteiger partial charge is 0.318 e. The molecule has 5 rings (SSSR count). The number of amides is 2. The average Bonchev–Trinajstić information content (AvgIpc) is 3.10. The maximum Gasteiger partial charge on any atom is 0.320 e. The number of hydrogen-bond donors (Lipinski definition) is 0. The van der Waals surface area contributed by atoms with Crippen LogP contribution in [-0.2, 0) is 12.0 Å². The largest absolute Gasteiger partial charge is 0.320 e. The second-order valence-electron chi connectivity index (χ2n) is 11.7. The van der Waals surface area contributed by atoms with E-state index in [-0.39, 0.29) is 17.0 Å². The molecule has 188 valence electrons. The van der Waals surface area contributed by atoms with Crippen molar-refractivity contribution in [3.63, 3.8) is 0 Å². The highest BCUT2D eigenvalue weighted by Gasteiger charge is 2.54. The number of rotatable bonds is 8. The maximum absolute atomic E-state index is 13.9. The molecule has 1 saturated heterocycles. The lowest BCUT2D eigenvalue weighted by Crippen LogP contribution is -2.54.